The minimum Gasteiger partial charge on any atom is -0.497 e. The normalized spacial score (nSPS) is 11.0. The number of benzene rings is 2. The summed E-state index contributed by atoms with van der Waals surface area (Å²) in [5, 5.41) is 9.33. The first-order valence-electron chi connectivity index (χ1n) is 8.81. The van der Waals surface area contributed by atoms with E-state index in [1.807, 2.05) is 45.0 Å². The van der Waals surface area contributed by atoms with E-state index in [0.717, 1.165) is 11.4 Å². The smallest absolute Gasteiger partial charge is 0.326 e. The summed E-state index contributed by atoms with van der Waals surface area (Å²) in [6, 6.07) is 15.6. The summed E-state index contributed by atoms with van der Waals surface area (Å²) in [4.78, 5) is 12.1. The zero-order valence-electron chi connectivity index (χ0n) is 16.3. The molecule has 0 aliphatic carbocycles. The van der Waals surface area contributed by atoms with Crippen molar-refractivity contribution >= 4 is 17.6 Å². The average Bonchev–Trinajstić information content (AvgIpc) is 3.13. The van der Waals surface area contributed by atoms with Crippen LogP contribution in [0.1, 0.15) is 26.5 Å². The van der Waals surface area contributed by atoms with E-state index < -0.39 is 6.03 Å². The van der Waals surface area contributed by atoms with Crippen molar-refractivity contribution in [3.05, 3.63) is 60.3 Å². The van der Waals surface area contributed by atoms with Crippen LogP contribution in [0.2, 0.25) is 0 Å². The molecule has 2 aromatic carbocycles. The van der Waals surface area contributed by atoms with E-state index in [9.17, 15) is 4.79 Å². The van der Waals surface area contributed by atoms with Gasteiger partial charge in [-0.3, -0.25) is 5.32 Å². The monoisotopic (exact) mass is 381 g/mol. The molecule has 0 unspecified atom stereocenters. The van der Waals surface area contributed by atoms with Gasteiger partial charge in [0.05, 0.1) is 12.8 Å². The van der Waals surface area contributed by atoms with E-state index in [1.165, 1.54) is 0 Å². The second kappa shape index (κ2) is 8.04. The fourth-order valence-corrected chi connectivity index (χ4v) is 2.35. The number of ether oxygens (including phenoxy) is 2. The van der Waals surface area contributed by atoms with Crippen LogP contribution in [0.15, 0.2) is 59.1 Å². The van der Waals surface area contributed by atoms with Crippen molar-refractivity contribution in [3.8, 4) is 17.2 Å². The lowest BCUT2D eigenvalue weighted by atomic mass is 9.92. The molecule has 2 amide bonds. The molecule has 0 bridgehead atoms. The van der Waals surface area contributed by atoms with Crippen molar-refractivity contribution in [3.63, 3.8) is 0 Å². The number of hydrogen-bond acceptors (Lipinski definition) is 5. The van der Waals surface area contributed by atoms with E-state index >= 15 is 0 Å². The van der Waals surface area contributed by atoms with Gasteiger partial charge in [-0.15, -0.1) is 0 Å². The lowest BCUT2D eigenvalue weighted by Crippen LogP contribution is -2.19. The van der Waals surface area contributed by atoms with Crippen LogP contribution < -0.4 is 20.1 Å². The number of methoxy groups -OCH3 is 1. The molecular formula is C21H23N3O4. The van der Waals surface area contributed by atoms with Gasteiger partial charge in [-0.05, 0) is 48.5 Å². The van der Waals surface area contributed by atoms with E-state index in [-0.39, 0.29) is 5.41 Å². The topological polar surface area (TPSA) is 85.6 Å². The van der Waals surface area contributed by atoms with Crippen molar-refractivity contribution < 1.29 is 18.8 Å². The molecule has 1 aromatic heterocycles. The summed E-state index contributed by atoms with van der Waals surface area (Å²) in [6.07, 6.45) is 0. The molecule has 0 aliphatic rings. The molecule has 0 fully saturated rings. The van der Waals surface area contributed by atoms with Gasteiger partial charge in [-0.25, -0.2) is 4.79 Å². The summed E-state index contributed by atoms with van der Waals surface area (Å²) in [5.74, 6) is 2.40. The Bertz CT molecular complexity index is 926. The molecule has 3 aromatic rings. The predicted molar refractivity (Wildman–Crippen MR) is 107 cm³/mol. The highest BCUT2D eigenvalue weighted by molar-refractivity contribution is 5.98. The number of nitrogens with one attached hydrogen (secondary N) is 2. The number of amides is 2. The first-order valence-corrected chi connectivity index (χ1v) is 8.81. The second-order valence-electron chi connectivity index (χ2n) is 7.21. The number of aromatic nitrogens is 1. The second-order valence-corrected chi connectivity index (χ2v) is 7.21. The highest BCUT2D eigenvalue weighted by Gasteiger charge is 2.19. The summed E-state index contributed by atoms with van der Waals surface area (Å²) >= 11 is 0. The maximum atomic E-state index is 12.1. The van der Waals surface area contributed by atoms with Crippen LogP contribution in [0, 0.1) is 0 Å². The van der Waals surface area contributed by atoms with Gasteiger partial charge >= 0.3 is 6.03 Å². The van der Waals surface area contributed by atoms with Crippen molar-refractivity contribution in [2.24, 2.45) is 0 Å². The Labute approximate surface area is 163 Å². The third-order valence-electron chi connectivity index (χ3n) is 3.92. The lowest BCUT2D eigenvalue weighted by Gasteiger charge is -2.12. The molecule has 0 saturated heterocycles. The molecule has 0 atom stereocenters. The SMILES string of the molecule is COc1ccc(Oc2ccc(NC(=O)Nc3cc(C(C)(C)C)no3)cc2)cc1. The van der Waals surface area contributed by atoms with E-state index in [0.29, 0.717) is 23.1 Å². The van der Waals surface area contributed by atoms with Gasteiger partial charge in [0.2, 0.25) is 5.88 Å². The van der Waals surface area contributed by atoms with Gasteiger partial charge < -0.3 is 19.3 Å². The Kier molecular flexibility index (Phi) is 5.54. The van der Waals surface area contributed by atoms with Crippen LogP contribution >= 0.6 is 0 Å². The summed E-state index contributed by atoms with van der Waals surface area (Å²) in [6.45, 7) is 6.05. The molecule has 3 rings (SSSR count). The molecule has 7 nitrogen and oxygen atoms in total. The van der Waals surface area contributed by atoms with Gasteiger partial charge in [-0.1, -0.05) is 25.9 Å². The molecule has 1 heterocycles. The number of anilines is 2. The minimum absolute atomic E-state index is 0.153. The third kappa shape index (κ3) is 5.03. The highest BCUT2D eigenvalue weighted by atomic mass is 16.5. The molecule has 7 heteroatoms. The first kappa shape index (κ1) is 19.3. The van der Waals surface area contributed by atoms with E-state index in [4.69, 9.17) is 14.0 Å². The molecule has 146 valence electrons. The number of urea groups is 1. The molecule has 0 saturated carbocycles. The van der Waals surface area contributed by atoms with Crippen molar-refractivity contribution in [2.75, 3.05) is 17.7 Å². The Balaban J connectivity index is 1.56. The molecule has 2 N–H and O–H groups in total. The largest absolute Gasteiger partial charge is 0.497 e. The number of hydrogen-bond donors (Lipinski definition) is 2. The zero-order chi connectivity index (χ0) is 20.1. The Morgan fingerprint density at radius 2 is 1.50 bits per heavy atom. The van der Waals surface area contributed by atoms with Gasteiger partial charge in [-0.2, -0.15) is 0 Å². The third-order valence-corrected chi connectivity index (χ3v) is 3.92. The quantitative estimate of drug-likeness (QED) is 0.616. The fraction of sp³-hybridized carbons (Fsp3) is 0.238. The van der Waals surface area contributed by atoms with E-state index in [1.54, 1.807) is 37.4 Å². The van der Waals surface area contributed by atoms with Gasteiger partial charge in [0.25, 0.3) is 0 Å². The Morgan fingerprint density at radius 1 is 0.929 bits per heavy atom. The molecule has 0 spiro atoms. The summed E-state index contributed by atoms with van der Waals surface area (Å²) in [7, 11) is 1.61. The molecule has 0 aliphatic heterocycles. The Morgan fingerprint density at radius 3 is 2.04 bits per heavy atom. The predicted octanol–water partition coefficient (Wildman–Crippen LogP) is 5.42. The van der Waals surface area contributed by atoms with Crippen LogP contribution in [0.5, 0.6) is 17.2 Å². The maximum absolute atomic E-state index is 12.1. The molecule has 0 radical (unpaired) electrons. The molecule has 28 heavy (non-hydrogen) atoms. The number of nitrogens with zero attached hydrogens (tertiary/aromatic N) is 1. The molecular weight excluding hydrogens is 358 g/mol. The minimum atomic E-state index is -0.416. The van der Waals surface area contributed by atoms with Crippen LogP contribution in [-0.2, 0) is 5.41 Å². The van der Waals surface area contributed by atoms with Crippen LogP contribution in [0.4, 0.5) is 16.4 Å². The van der Waals surface area contributed by atoms with Crippen molar-refractivity contribution in [2.45, 2.75) is 26.2 Å². The number of carbonyl (C=O) groups is 1. The summed E-state index contributed by atoms with van der Waals surface area (Å²) in [5.41, 5.74) is 1.23. The van der Waals surface area contributed by atoms with Crippen LogP contribution in [-0.4, -0.2) is 18.3 Å². The fourth-order valence-electron chi connectivity index (χ4n) is 2.35. The van der Waals surface area contributed by atoms with Gasteiger partial charge in [0.15, 0.2) is 0 Å². The lowest BCUT2D eigenvalue weighted by molar-refractivity contribution is 0.261. The first-order chi connectivity index (χ1) is 13.3. The van der Waals surface area contributed by atoms with Crippen LogP contribution in [0.25, 0.3) is 0 Å². The van der Waals surface area contributed by atoms with Crippen molar-refractivity contribution in [1.82, 2.24) is 5.16 Å². The van der Waals surface area contributed by atoms with E-state index in [2.05, 4.69) is 15.8 Å². The average molecular weight is 381 g/mol. The van der Waals surface area contributed by atoms with Gasteiger partial charge in [0, 0.05) is 17.2 Å². The highest BCUT2D eigenvalue weighted by Crippen LogP contribution is 2.26. The maximum Gasteiger partial charge on any atom is 0.326 e. The van der Waals surface area contributed by atoms with Crippen molar-refractivity contribution in [1.29, 1.82) is 0 Å². The summed E-state index contributed by atoms with van der Waals surface area (Å²) < 4.78 is 16.0. The zero-order valence-corrected chi connectivity index (χ0v) is 16.3. The number of carbonyl (C=O) groups excluding carboxylic acids is 1. The van der Waals surface area contributed by atoms with Crippen LogP contribution in [0.3, 0.4) is 0 Å². The standard InChI is InChI=1S/C21H23N3O4/c1-21(2,3)18-13-19(28-24-18)23-20(25)22-14-5-7-16(8-6-14)27-17-11-9-15(26-4)10-12-17/h5-13H,1-4H3,(H2,22,23,25). The number of rotatable bonds is 5. The Hall–Kier alpha value is -3.48. The van der Waals surface area contributed by atoms with Gasteiger partial charge in [0.1, 0.15) is 17.2 Å².